The van der Waals surface area contributed by atoms with Crippen molar-refractivity contribution in [3.05, 3.63) is 109 Å². The molecule has 420 valence electrons. The van der Waals surface area contributed by atoms with Gasteiger partial charge in [-0.3, -0.25) is 13.8 Å². The molecule has 0 bridgehead atoms. The lowest BCUT2D eigenvalue weighted by Crippen LogP contribution is -2.51. The average Bonchev–Trinajstić information content (AvgIpc) is 3.35. The van der Waals surface area contributed by atoms with Crippen molar-refractivity contribution in [1.82, 2.24) is 5.32 Å². The van der Waals surface area contributed by atoms with Crippen LogP contribution in [0.15, 0.2) is 109 Å². The Labute approximate surface area is 449 Å². The van der Waals surface area contributed by atoms with Crippen molar-refractivity contribution in [3.8, 4) is 0 Å². The van der Waals surface area contributed by atoms with E-state index in [1.54, 1.807) is 0 Å². The smallest absolute Gasteiger partial charge is 0.390 e. The first-order valence-corrected chi connectivity index (χ1v) is 30.8. The van der Waals surface area contributed by atoms with E-state index in [1.807, 2.05) is 28.1 Å². The molecule has 1 amide bonds. The van der Waals surface area contributed by atoms with Gasteiger partial charge in [-0.2, -0.15) is 0 Å². The quantitative estimate of drug-likeness (QED) is 0.0207. The van der Waals surface area contributed by atoms with E-state index >= 15 is 0 Å². The molecule has 0 aromatic carbocycles. The second-order valence-corrected chi connectivity index (χ2v) is 22.2. The van der Waals surface area contributed by atoms with Crippen LogP contribution in [-0.2, 0) is 18.4 Å². The highest BCUT2D eigenvalue weighted by molar-refractivity contribution is 7.47. The summed E-state index contributed by atoms with van der Waals surface area (Å²) in [4.78, 5) is 23.3. The van der Waals surface area contributed by atoms with Gasteiger partial charge in [0.1, 0.15) is 19.3 Å². The summed E-state index contributed by atoms with van der Waals surface area (Å²) in [6, 6.07) is -1.06. The number of quaternary nitrogens is 1. The van der Waals surface area contributed by atoms with E-state index in [1.165, 1.54) is 96.3 Å². The maximum atomic E-state index is 13.0. The maximum absolute atomic E-state index is 13.0. The van der Waals surface area contributed by atoms with Crippen molar-refractivity contribution in [2.24, 2.45) is 0 Å². The van der Waals surface area contributed by atoms with E-state index in [4.69, 9.17) is 9.05 Å². The zero-order valence-electron chi connectivity index (χ0n) is 47.4. The summed E-state index contributed by atoms with van der Waals surface area (Å²) in [6.45, 7) is 4.24. The fourth-order valence-electron chi connectivity index (χ4n) is 8.07. The van der Waals surface area contributed by atoms with Crippen LogP contribution in [0.2, 0.25) is 0 Å². The summed E-state index contributed by atoms with van der Waals surface area (Å²) in [6.07, 6.45) is 73.6. The first-order valence-electron chi connectivity index (χ1n) is 29.3. The molecular weight excluding hydrogens is 928 g/mol. The molecule has 4 unspecified atom stereocenters. The molecular formula is C63H112N2O7P+. The highest BCUT2D eigenvalue weighted by Crippen LogP contribution is 2.43. The van der Waals surface area contributed by atoms with Crippen LogP contribution in [-0.4, -0.2) is 84.6 Å². The predicted octanol–water partition coefficient (Wildman–Crippen LogP) is 17.0. The van der Waals surface area contributed by atoms with Crippen molar-refractivity contribution in [1.29, 1.82) is 0 Å². The topological polar surface area (TPSA) is 125 Å². The number of aliphatic hydroxyl groups is 2. The first-order chi connectivity index (χ1) is 35.4. The van der Waals surface area contributed by atoms with Crippen molar-refractivity contribution >= 4 is 13.7 Å². The Morgan fingerprint density at radius 2 is 0.877 bits per heavy atom. The fourth-order valence-corrected chi connectivity index (χ4v) is 8.80. The van der Waals surface area contributed by atoms with E-state index in [2.05, 4.69) is 122 Å². The van der Waals surface area contributed by atoms with Gasteiger partial charge in [0.2, 0.25) is 5.91 Å². The molecule has 0 radical (unpaired) electrons. The van der Waals surface area contributed by atoms with Crippen LogP contribution in [0.4, 0.5) is 0 Å². The largest absolute Gasteiger partial charge is 0.472 e. The molecule has 0 fully saturated rings. The minimum absolute atomic E-state index is 0.00885. The number of likely N-dealkylation sites (N-methyl/N-ethyl adjacent to an activating group) is 1. The van der Waals surface area contributed by atoms with Crippen LogP contribution in [0.3, 0.4) is 0 Å². The second-order valence-electron chi connectivity index (χ2n) is 20.8. The number of phosphoric acid groups is 1. The number of nitrogens with one attached hydrogen (secondary N) is 1. The molecule has 0 aliphatic rings. The molecule has 0 aliphatic carbocycles. The number of rotatable bonds is 52. The Hall–Kier alpha value is -2.88. The van der Waals surface area contributed by atoms with Crippen LogP contribution in [0.5, 0.6) is 0 Å². The Kier molecular flexibility index (Phi) is 50.5. The summed E-state index contributed by atoms with van der Waals surface area (Å²) in [7, 11) is 1.40. The third kappa shape index (κ3) is 53.7. The van der Waals surface area contributed by atoms with Crippen molar-refractivity contribution in [2.45, 2.75) is 244 Å². The van der Waals surface area contributed by atoms with Crippen molar-refractivity contribution in [2.75, 3.05) is 40.9 Å². The molecule has 73 heavy (non-hydrogen) atoms. The number of hydrogen-bond donors (Lipinski definition) is 4. The zero-order chi connectivity index (χ0) is 53.6. The Bertz CT molecular complexity index is 1570. The van der Waals surface area contributed by atoms with Crippen LogP contribution in [0, 0.1) is 0 Å². The average molecular weight is 1040 g/mol. The minimum Gasteiger partial charge on any atom is -0.390 e. The van der Waals surface area contributed by atoms with Crippen LogP contribution < -0.4 is 5.32 Å². The van der Waals surface area contributed by atoms with Gasteiger partial charge in [0, 0.05) is 6.42 Å². The van der Waals surface area contributed by atoms with Crippen LogP contribution in [0.1, 0.15) is 226 Å². The fraction of sp³-hybridized carbons (Fsp3) is 0.698. The summed E-state index contributed by atoms with van der Waals surface area (Å²) in [5, 5.41) is 24.7. The molecule has 0 heterocycles. The first kappa shape index (κ1) is 70.1. The van der Waals surface area contributed by atoms with Gasteiger partial charge in [-0.1, -0.05) is 219 Å². The Balaban J connectivity index is 4.07. The van der Waals surface area contributed by atoms with Crippen LogP contribution in [0.25, 0.3) is 0 Å². The van der Waals surface area contributed by atoms with Gasteiger partial charge in [0.05, 0.1) is 39.9 Å². The van der Waals surface area contributed by atoms with Gasteiger partial charge < -0.3 is 24.9 Å². The van der Waals surface area contributed by atoms with Gasteiger partial charge in [-0.15, -0.1) is 0 Å². The monoisotopic (exact) mass is 1040 g/mol. The number of nitrogens with zero attached hydrogens (tertiary/aromatic N) is 1. The molecule has 0 aromatic heterocycles. The number of carbonyl (C=O) groups is 1. The van der Waals surface area contributed by atoms with Gasteiger partial charge in [-0.05, 0) is 110 Å². The van der Waals surface area contributed by atoms with E-state index < -0.39 is 32.7 Å². The van der Waals surface area contributed by atoms with E-state index in [9.17, 15) is 24.5 Å². The van der Waals surface area contributed by atoms with Crippen LogP contribution >= 0.6 is 7.82 Å². The highest BCUT2D eigenvalue weighted by atomic mass is 31.2. The van der Waals surface area contributed by atoms with E-state index in [0.717, 1.165) is 89.9 Å². The molecule has 0 aromatic rings. The summed E-state index contributed by atoms with van der Waals surface area (Å²) >= 11 is 0. The number of aliphatic hydroxyl groups excluding tert-OH is 2. The van der Waals surface area contributed by atoms with Gasteiger partial charge in [0.25, 0.3) is 0 Å². The molecule has 9 nitrogen and oxygen atoms in total. The normalized spacial score (nSPS) is 15.1. The molecule has 0 saturated heterocycles. The number of unbranched alkanes of at least 4 members (excludes halogenated alkanes) is 21. The Morgan fingerprint density at radius 1 is 0.507 bits per heavy atom. The van der Waals surface area contributed by atoms with E-state index in [0.29, 0.717) is 30.3 Å². The lowest BCUT2D eigenvalue weighted by Gasteiger charge is -2.28. The second kappa shape index (κ2) is 52.6. The number of amides is 1. The third-order valence-corrected chi connectivity index (χ3v) is 13.6. The van der Waals surface area contributed by atoms with Gasteiger partial charge >= 0.3 is 7.82 Å². The third-order valence-electron chi connectivity index (χ3n) is 12.6. The highest BCUT2D eigenvalue weighted by Gasteiger charge is 2.31. The van der Waals surface area contributed by atoms with E-state index in [-0.39, 0.29) is 18.9 Å². The number of allylic oxidation sites excluding steroid dienone is 18. The predicted molar refractivity (Wildman–Crippen MR) is 315 cm³/mol. The molecule has 4 N–H and O–H groups in total. The van der Waals surface area contributed by atoms with Crippen molar-refractivity contribution < 1.29 is 38.0 Å². The number of phosphoric ester groups is 1. The zero-order valence-corrected chi connectivity index (χ0v) is 48.3. The van der Waals surface area contributed by atoms with Crippen molar-refractivity contribution in [3.63, 3.8) is 0 Å². The number of carbonyl (C=O) groups excluding carboxylic acids is 1. The molecule has 10 heteroatoms. The molecule has 0 spiro atoms. The standard InChI is InChI=1S/C63H111N2O7P/c1-6-8-10-12-14-16-18-20-21-22-23-24-25-26-27-28-29-30-31-32-33-34-35-36-37-38-39-40-41-42-43-44-46-48-50-52-54-56-62(67)64-60(59-72-73(69,70)71-58-57-65(3,4)5)63(68)61(66)55-53-51-49-47-45-19-17-15-13-11-9-7-2/h7-10,14-17,20-21,23-24,26-27,29-30,47,49,60-61,63,66,68H,6,11-13,18-19,22,25,28,31-46,48,50-59H2,1-5H3,(H-,64,67,69,70)/p+1/b9-7+,10-8-,16-14-,17-15+,21-20-,24-23-,27-26-,30-29-,49-47+. The molecule has 0 aliphatic heterocycles. The SMILES string of the molecule is C/C=C/CC/C=C/CC/C=C/CCCC(O)C(O)C(COP(=O)(O)OCC[N+](C)(C)C)NC(=O)CCCCCCCCCCCCCCCCCCCC/C=C\C/C=C\C/C=C\C/C=C\C/C=C\C/C=C\CC. The molecule has 0 rings (SSSR count). The van der Waals surface area contributed by atoms with Gasteiger partial charge in [-0.25, -0.2) is 4.57 Å². The summed E-state index contributed by atoms with van der Waals surface area (Å²) in [5.41, 5.74) is 0. The maximum Gasteiger partial charge on any atom is 0.472 e. The summed E-state index contributed by atoms with van der Waals surface area (Å²) < 4.78 is 23.6. The van der Waals surface area contributed by atoms with Gasteiger partial charge in [0.15, 0.2) is 0 Å². The number of hydrogen-bond acceptors (Lipinski definition) is 6. The molecule has 4 atom stereocenters. The lowest BCUT2D eigenvalue weighted by atomic mass is 10.0. The Morgan fingerprint density at radius 3 is 1.32 bits per heavy atom. The molecule has 0 saturated carbocycles. The minimum atomic E-state index is -4.44. The lowest BCUT2D eigenvalue weighted by molar-refractivity contribution is -0.870. The summed E-state index contributed by atoms with van der Waals surface area (Å²) in [5.74, 6) is -0.277.